The minimum atomic E-state index is -5.45. The number of ether oxygens (including phenoxy) is 4. The number of carbonyl (C=O) groups excluding carboxylic acids is 2. The number of unbranched alkanes of at least 4 members (excludes halogenated alkanes) is 14. The number of epoxide rings is 1. The molecule has 0 radical (unpaired) electrons. The van der Waals surface area contributed by atoms with E-state index < -0.39 is 83.7 Å². The molecular formula is C55H91N3O16P2. The zero-order valence-electron chi connectivity index (χ0n) is 45.4. The predicted octanol–water partition coefficient (Wildman–Crippen LogP) is 11.1. The Hall–Kier alpha value is -3.58. The van der Waals surface area contributed by atoms with Crippen molar-refractivity contribution in [1.29, 1.82) is 0 Å². The molecule has 2 saturated heterocycles. The quantitative estimate of drug-likeness (QED) is 0.0133. The Morgan fingerprint density at radius 1 is 0.684 bits per heavy atom. The molecule has 2 aliphatic heterocycles. The maximum atomic E-state index is 12.9. The van der Waals surface area contributed by atoms with Crippen molar-refractivity contribution >= 4 is 33.4 Å². The Bertz CT molecular complexity index is 2100. The van der Waals surface area contributed by atoms with Crippen molar-refractivity contribution in [2.75, 3.05) is 25.6 Å². The van der Waals surface area contributed by atoms with Gasteiger partial charge < -0.3 is 44.7 Å². The number of esters is 2. The fraction of sp³-hybridized carbons (Fsp3) is 0.709. The van der Waals surface area contributed by atoms with Crippen LogP contribution in [0.3, 0.4) is 0 Å². The summed E-state index contributed by atoms with van der Waals surface area (Å²) in [4.78, 5) is 62.1. The first-order valence-corrected chi connectivity index (χ1v) is 30.8. The van der Waals surface area contributed by atoms with Crippen LogP contribution in [0.25, 0.3) is 0 Å². The lowest BCUT2D eigenvalue weighted by Crippen LogP contribution is -2.36. The average Bonchev–Trinajstić information content (AvgIpc) is 4.06. The maximum absolute atomic E-state index is 12.9. The zero-order chi connectivity index (χ0) is 55.4. The van der Waals surface area contributed by atoms with E-state index in [1.165, 1.54) is 76.7 Å². The molecule has 0 aromatic carbocycles. The fourth-order valence-electron chi connectivity index (χ4n) is 8.33. The Labute approximate surface area is 451 Å². The van der Waals surface area contributed by atoms with E-state index in [0.717, 1.165) is 74.5 Å². The molecule has 1 aromatic rings. The van der Waals surface area contributed by atoms with Gasteiger partial charge >= 0.3 is 33.3 Å². The molecule has 1 aromatic heterocycles. The van der Waals surface area contributed by atoms with Gasteiger partial charge in [-0.1, -0.05) is 178 Å². The monoisotopic (exact) mass is 1110 g/mol. The van der Waals surface area contributed by atoms with Crippen LogP contribution < -0.4 is 11.4 Å². The molecule has 0 aliphatic carbocycles. The number of allylic oxidation sites excluding steroid dienone is 8. The van der Waals surface area contributed by atoms with E-state index >= 15 is 0 Å². The molecule has 19 nitrogen and oxygen atoms in total. The molecule has 9 atom stereocenters. The minimum Gasteiger partial charge on any atom is -0.462 e. The van der Waals surface area contributed by atoms with Crippen LogP contribution in [0.5, 0.6) is 0 Å². The second-order valence-corrected chi connectivity index (χ2v) is 23.0. The van der Waals surface area contributed by atoms with Crippen LogP contribution in [0.2, 0.25) is 0 Å². The standard InChI is InChI=1S/C55H91N3O16P2/c1-4-5-29-35-46-47(72-46)36-31-26-22-18-14-11-12-16-20-24-28-33-38-51(60)71-45(41-68-50(59)37-32-27-23-19-15-10-8-6-7-9-13-17-21-25-30-34-44(2)3)42-69-75(64,65)74-76(66,67)70-43-48-52(61)53(62)54(73-48)58-40-39-49(56)57-55(58)63/h5,12,14,16,18,24,26,28-29,31,39-40,44-48,52-54,61-62H,4,6-11,13,15,17,19-23,25,27,30,32-38,41-43H2,1-3H3,(H,64,65)(H,66,67)(H2,56,57,63)/b16-12-,18-14-,28-24-,29-5-,31-26-/t45-,46?,47?,48-,52-,53-,54-/m1/s1. The van der Waals surface area contributed by atoms with Crippen molar-refractivity contribution in [2.45, 2.75) is 224 Å². The molecule has 0 spiro atoms. The molecule has 2 fully saturated rings. The number of nitrogen functional groups attached to an aromatic ring is 1. The van der Waals surface area contributed by atoms with Crippen molar-refractivity contribution < 1.29 is 71.0 Å². The number of aliphatic hydroxyl groups is 2. The first-order chi connectivity index (χ1) is 36.5. The van der Waals surface area contributed by atoms with Crippen LogP contribution in [-0.4, -0.2) is 97.9 Å². The Morgan fingerprint density at radius 3 is 1.78 bits per heavy atom. The van der Waals surface area contributed by atoms with Crippen LogP contribution in [0.15, 0.2) is 77.8 Å². The van der Waals surface area contributed by atoms with Gasteiger partial charge in [-0.15, -0.1) is 0 Å². The highest BCUT2D eigenvalue weighted by molar-refractivity contribution is 7.61. The number of phosphoric ester groups is 2. The number of aromatic nitrogens is 2. The number of hydrogen-bond donors (Lipinski definition) is 5. The summed E-state index contributed by atoms with van der Waals surface area (Å²) >= 11 is 0. The largest absolute Gasteiger partial charge is 0.481 e. The predicted molar refractivity (Wildman–Crippen MR) is 293 cm³/mol. The molecule has 21 heteroatoms. The van der Waals surface area contributed by atoms with Gasteiger partial charge in [-0.3, -0.25) is 23.2 Å². The van der Waals surface area contributed by atoms with Crippen molar-refractivity contribution in [2.24, 2.45) is 5.92 Å². The third kappa shape index (κ3) is 31.1. The SMILES string of the molecule is CC/C=C\CC1OC1C/C=C\C/C=C\C/C=C\C/C=C\CCC(=O)O[C@H](COC(=O)CCCCCCCCCCCCCCCCCC(C)C)COP(=O)(O)OP(=O)(O)OC[C@H]1O[C@@H](n2ccc(N)nc2=O)[C@H](O)[C@@H]1O. The lowest BCUT2D eigenvalue weighted by Gasteiger charge is -2.21. The molecule has 3 rings (SSSR count). The zero-order valence-corrected chi connectivity index (χ0v) is 47.2. The number of nitrogens with two attached hydrogens (primary N) is 1. The van der Waals surface area contributed by atoms with Gasteiger partial charge in [0.15, 0.2) is 12.3 Å². The molecule has 6 N–H and O–H groups in total. The molecule has 432 valence electrons. The molecule has 3 heterocycles. The first-order valence-electron chi connectivity index (χ1n) is 27.8. The normalized spacial score (nSPS) is 21.9. The van der Waals surface area contributed by atoms with Gasteiger partial charge in [0.2, 0.25) is 0 Å². The van der Waals surface area contributed by atoms with E-state index in [0.29, 0.717) is 31.5 Å². The van der Waals surface area contributed by atoms with Gasteiger partial charge in [-0.2, -0.15) is 9.29 Å². The molecule has 0 bridgehead atoms. The molecule has 76 heavy (non-hydrogen) atoms. The van der Waals surface area contributed by atoms with E-state index in [2.05, 4.69) is 66.5 Å². The molecule has 0 saturated carbocycles. The number of rotatable bonds is 44. The van der Waals surface area contributed by atoms with E-state index in [-0.39, 0.29) is 18.7 Å². The topological polar surface area (TPSA) is 278 Å². The van der Waals surface area contributed by atoms with E-state index in [9.17, 15) is 43.5 Å². The fourth-order valence-corrected chi connectivity index (χ4v) is 10.4. The summed E-state index contributed by atoms with van der Waals surface area (Å²) in [5.74, 6) is -0.598. The summed E-state index contributed by atoms with van der Waals surface area (Å²) in [6, 6.07) is 1.24. The number of phosphoric acid groups is 2. The first kappa shape index (κ1) is 66.7. The summed E-state index contributed by atoms with van der Waals surface area (Å²) in [7, 11) is -10.9. The molecular weight excluding hydrogens is 1020 g/mol. The van der Waals surface area contributed by atoms with Crippen LogP contribution in [0.4, 0.5) is 5.82 Å². The average molecular weight is 1110 g/mol. The molecule has 0 amide bonds. The summed E-state index contributed by atoms with van der Waals surface area (Å²) in [5.41, 5.74) is 4.59. The number of aliphatic hydroxyl groups excluding tert-OH is 2. The third-order valence-electron chi connectivity index (χ3n) is 12.7. The Kier molecular flexibility index (Phi) is 34.1. The van der Waals surface area contributed by atoms with Crippen molar-refractivity contribution in [3.05, 3.63) is 83.5 Å². The van der Waals surface area contributed by atoms with Gasteiger partial charge in [0.05, 0.1) is 25.4 Å². The minimum absolute atomic E-state index is 0.0792. The molecule has 4 unspecified atom stereocenters. The second-order valence-electron chi connectivity index (χ2n) is 19.9. The van der Waals surface area contributed by atoms with Crippen molar-refractivity contribution in [1.82, 2.24) is 9.55 Å². The highest BCUT2D eigenvalue weighted by Crippen LogP contribution is 2.60. The summed E-state index contributed by atoms with van der Waals surface area (Å²) in [6.07, 6.45) is 39.2. The highest BCUT2D eigenvalue weighted by atomic mass is 31.3. The Morgan fingerprint density at radius 2 is 1.21 bits per heavy atom. The number of hydrogen-bond acceptors (Lipinski definition) is 16. The highest BCUT2D eigenvalue weighted by Gasteiger charge is 2.46. The van der Waals surface area contributed by atoms with E-state index in [1.807, 2.05) is 24.3 Å². The number of nitrogens with zero attached hydrogens (tertiary/aromatic N) is 2. The van der Waals surface area contributed by atoms with Crippen molar-refractivity contribution in [3.63, 3.8) is 0 Å². The smallest absolute Gasteiger partial charge is 0.462 e. The van der Waals surface area contributed by atoms with Crippen LogP contribution in [0.1, 0.15) is 188 Å². The van der Waals surface area contributed by atoms with Crippen molar-refractivity contribution in [3.8, 4) is 0 Å². The summed E-state index contributed by atoms with van der Waals surface area (Å²) < 4.78 is 62.5. The number of anilines is 1. The second kappa shape index (κ2) is 38.9. The van der Waals surface area contributed by atoms with Gasteiger partial charge in [0, 0.05) is 19.0 Å². The van der Waals surface area contributed by atoms with Crippen LogP contribution in [0, 0.1) is 5.92 Å². The molecule has 2 aliphatic rings. The third-order valence-corrected chi connectivity index (χ3v) is 15.3. The summed E-state index contributed by atoms with van der Waals surface area (Å²) in [6.45, 7) is 4.31. The van der Waals surface area contributed by atoms with E-state index in [4.69, 9.17) is 33.7 Å². The lowest BCUT2D eigenvalue weighted by molar-refractivity contribution is -0.161. The lowest BCUT2D eigenvalue weighted by atomic mass is 10.0. The van der Waals surface area contributed by atoms with Gasteiger partial charge in [-0.05, 0) is 63.4 Å². The van der Waals surface area contributed by atoms with Gasteiger partial charge in [0.1, 0.15) is 30.7 Å². The van der Waals surface area contributed by atoms with Gasteiger partial charge in [-0.25, -0.2) is 13.9 Å². The van der Waals surface area contributed by atoms with E-state index in [1.54, 1.807) is 0 Å². The van der Waals surface area contributed by atoms with Crippen LogP contribution >= 0.6 is 15.6 Å². The number of carbonyl (C=O) groups is 2. The Balaban J connectivity index is 1.39. The van der Waals surface area contributed by atoms with Gasteiger partial charge in [0.25, 0.3) is 0 Å². The summed E-state index contributed by atoms with van der Waals surface area (Å²) in [5, 5.41) is 20.9. The maximum Gasteiger partial charge on any atom is 0.481 e. The van der Waals surface area contributed by atoms with Crippen LogP contribution in [-0.2, 0) is 51.0 Å².